The highest BCUT2D eigenvalue weighted by Crippen LogP contribution is 2.40. The number of aromatic nitrogens is 1. The monoisotopic (exact) mass is 394 g/mol. The van der Waals surface area contributed by atoms with Crippen molar-refractivity contribution in [3.8, 4) is 11.1 Å². The summed E-state index contributed by atoms with van der Waals surface area (Å²) >= 11 is 5.28. The molecule has 7 nitrogen and oxygen atoms in total. The molecular formula is C14H7ClF4N2O5. The molecule has 26 heavy (non-hydrogen) atoms. The normalized spacial score (nSPS) is 11.4. The van der Waals surface area contributed by atoms with Gasteiger partial charge in [0.25, 0.3) is 5.56 Å². The molecule has 0 saturated heterocycles. The van der Waals surface area contributed by atoms with E-state index < -0.39 is 68.1 Å². The lowest BCUT2D eigenvalue weighted by molar-refractivity contribution is -0.137. The van der Waals surface area contributed by atoms with E-state index in [-0.39, 0.29) is 6.07 Å². The Morgan fingerprint density at radius 3 is 2.12 bits per heavy atom. The second kappa shape index (κ2) is 6.33. The Bertz CT molecular complexity index is 1000. The van der Waals surface area contributed by atoms with Crippen molar-refractivity contribution < 1.29 is 37.4 Å². The van der Waals surface area contributed by atoms with Gasteiger partial charge in [0.05, 0.1) is 10.6 Å². The molecule has 0 aliphatic heterocycles. The number of nitrogens with one attached hydrogen (secondary N) is 1. The molecule has 0 aliphatic carbocycles. The van der Waals surface area contributed by atoms with Gasteiger partial charge in [-0.3, -0.25) is 4.79 Å². The Labute approximate surface area is 145 Å². The average Bonchev–Trinajstić information content (AvgIpc) is 2.46. The summed E-state index contributed by atoms with van der Waals surface area (Å²) in [7, 11) is 0. The lowest BCUT2D eigenvalue weighted by Gasteiger charge is -2.15. The number of pyridine rings is 1. The predicted molar refractivity (Wildman–Crippen MR) is 80.8 cm³/mol. The first-order valence-corrected chi connectivity index (χ1v) is 6.83. The Morgan fingerprint density at radius 2 is 1.65 bits per heavy atom. The highest BCUT2D eigenvalue weighted by Gasteiger charge is 2.36. The molecule has 1 aromatic carbocycles. The van der Waals surface area contributed by atoms with Crippen LogP contribution < -0.4 is 11.3 Å². The standard InChI is InChI=1S/C14H7ClF4N2O5/c15-9-4(14(17,18)19)1-3(2-5(9)16)6-7(12(23)24)10(20)21-11(22)8(6)13(25)26/h1-2H,(H,23,24)(H,25,26)(H3,20,21,22). The number of anilines is 1. The molecule has 0 amide bonds. The third-order valence-electron chi connectivity index (χ3n) is 3.29. The van der Waals surface area contributed by atoms with E-state index >= 15 is 0 Å². The van der Waals surface area contributed by atoms with Crippen LogP contribution in [0.25, 0.3) is 11.1 Å². The Balaban J connectivity index is 3.06. The van der Waals surface area contributed by atoms with Crippen LogP contribution in [0.15, 0.2) is 16.9 Å². The molecule has 0 aliphatic rings. The quantitative estimate of drug-likeness (QED) is 0.591. The summed E-state index contributed by atoms with van der Waals surface area (Å²) in [6.07, 6.45) is -5.13. The topological polar surface area (TPSA) is 133 Å². The van der Waals surface area contributed by atoms with Gasteiger partial charge in [-0.2, -0.15) is 13.2 Å². The van der Waals surface area contributed by atoms with Crippen LogP contribution in [-0.2, 0) is 6.18 Å². The van der Waals surface area contributed by atoms with Gasteiger partial charge in [0.1, 0.15) is 22.8 Å². The number of hydrogen-bond acceptors (Lipinski definition) is 4. The van der Waals surface area contributed by atoms with E-state index in [0.29, 0.717) is 6.07 Å². The zero-order valence-corrected chi connectivity index (χ0v) is 13.0. The van der Waals surface area contributed by atoms with E-state index in [0.717, 1.165) is 0 Å². The van der Waals surface area contributed by atoms with Gasteiger partial charge in [-0.15, -0.1) is 0 Å². The molecule has 12 heteroatoms. The van der Waals surface area contributed by atoms with Gasteiger partial charge in [-0.25, -0.2) is 14.0 Å². The summed E-state index contributed by atoms with van der Waals surface area (Å²) in [5, 5.41) is 17.1. The SMILES string of the molecule is Nc1[nH]c(=O)c(C(=O)O)c(-c2cc(F)c(Cl)c(C(F)(F)F)c2)c1C(=O)O. The maximum Gasteiger partial charge on any atom is 0.417 e. The fraction of sp³-hybridized carbons (Fsp3) is 0.0714. The number of hydrogen-bond donors (Lipinski definition) is 4. The summed E-state index contributed by atoms with van der Waals surface area (Å²) in [5.41, 5.74) is -1.75. The molecule has 138 valence electrons. The van der Waals surface area contributed by atoms with Crippen molar-refractivity contribution in [2.24, 2.45) is 0 Å². The van der Waals surface area contributed by atoms with Crippen LogP contribution in [0.4, 0.5) is 23.4 Å². The second-order valence-electron chi connectivity index (χ2n) is 4.92. The van der Waals surface area contributed by atoms with E-state index in [1.807, 2.05) is 0 Å². The van der Waals surface area contributed by atoms with Crippen LogP contribution >= 0.6 is 11.6 Å². The first-order chi connectivity index (χ1) is 11.9. The van der Waals surface area contributed by atoms with Crippen LogP contribution in [0.5, 0.6) is 0 Å². The maximum absolute atomic E-state index is 13.9. The minimum Gasteiger partial charge on any atom is -0.478 e. The van der Waals surface area contributed by atoms with E-state index in [9.17, 15) is 37.1 Å². The summed E-state index contributed by atoms with van der Waals surface area (Å²) in [6, 6.07) is 0.614. The van der Waals surface area contributed by atoms with Crippen molar-refractivity contribution in [1.29, 1.82) is 0 Å². The molecule has 1 heterocycles. The Morgan fingerprint density at radius 1 is 1.12 bits per heavy atom. The number of H-pyrrole nitrogens is 1. The van der Waals surface area contributed by atoms with E-state index in [4.69, 9.17) is 22.4 Å². The Hall–Kier alpha value is -3.08. The molecule has 1 aromatic heterocycles. The maximum atomic E-state index is 13.9. The lowest BCUT2D eigenvalue weighted by atomic mass is 9.94. The van der Waals surface area contributed by atoms with Crippen molar-refractivity contribution in [1.82, 2.24) is 4.98 Å². The Kier molecular flexibility index (Phi) is 4.69. The number of carbonyl (C=O) groups is 2. The van der Waals surface area contributed by atoms with E-state index in [1.165, 1.54) is 0 Å². The molecule has 2 aromatic rings. The van der Waals surface area contributed by atoms with Crippen LogP contribution in [0, 0.1) is 5.82 Å². The molecule has 0 spiro atoms. The highest BCUT2D eigenvalue weighted by atomic mass is 35.5. The van der Waals surface area contributed by atoms with Crippen LogP contribution in [-0.4, -0.2) is 27.1 Å². The number of alkyl halides is 3. The smallest absolute Gasteiger partial charge is 0.417 e. The molecule has 0 atom stereocenters. The molecule has 0 saturated carbocycles. The van der Waals surface area contributed by atoms with Crippen molar-refractivity contribution in [2.75, 3.05) is 5.73 Å². The summed E-state index contributed by atoms with van der Waals surface area (Å²) in [4.78, 5) is 36.3. The number of nitrogen functional groups attached to an aromatic ring is 1. The third-order valence-corrected chi connectivity index (χ3v) is 3.68. The number of carboxylic acids is 2. The molecular weight excluding hydrogens is 388 g/mol. The third kappa shape index (κ3) is 3.20. The van der Waals surface area contributed by atoms with E-state index in [1.54, 1.807) is 4.98 Å². The van der Waals surface area contributed by atoms with Gasteiger partial charge in [0.15, 0.2) is 0 Å². The van der Waals surface area contributed by atoms with Crippen molar-refractivity contribution in [2.45, 2.75) is 6.18 Å². The number of carboxylic acid groups (broad SMARTS) is 2. The predicted octanol–water partition coefficient (Wildman–Crippen LogP) is 2.83. The van der Waals surface area contributed by atoms with Crippen LogP contribution in [0.1, 0.15) is 26.3 Å². The first kappa shape index (κ1) is 19.2. The molecule has 0 unspecified atom stereocenters. The number of benzene rings is 1. The van der Waals surface area contributed by atoms with Crippen molar-refractivity contribution >= 4 is 29.4 Å². The van der Waals surface area contributed by atoms with Gasteiger partial charge in [-0.05, 0) is 17.7 Å². The number of aromatic amines is 1. The zero-order chi connectivity index (χ0) is 20.0. The summed E-state index contributed by atoms with van der Waals surface area (Å²) in [6.45, 7) is 0. The highest BCUT2D eigenvalue weighted by molar-refractivity contribution is 6.31. The summed E-state index contributed by atoms with van der Waals surface area (Å²) in [5.74, 6) is -6.21. The number of rotatable bonds is 3. The molecule has 2 rings (SSSR count). The first-order valence-electron chi connectivity index (χ1n) is 6.45. The molecule has 5 N–H and O–H groups in total. The van der Waals surface area contributed by atoms with Crippen molar-refractivity contribution in [3.63, 3.8) is 0 Å². The van der Waals surface area contributed by atoms with Crippen LogP contribution in [0.3, 0.4) is 0 Å². The largest absolute Gasteiger partial charge is 0.478 e. The van der Waals surface area contributed by atoms with Gasteiger partial charge in [0.2, 0.25) is 0 Å². The minimum absolute atomic E-state index is 0.235. The van der Waals surface area contributed by atoms with Gasteiger partial charge in [0, 0.05) is 5.56 Å². The van der Waals surface area contributed by atoms with Crippen molar-refractivity contribution in [3.05, 3.63) is 50.0 Å². The fourth-order valence-electron chi connectivity index (χ4n) is 2.28. The summed E-state index contributed by atoms with van der Waals surface area (Å²) < 4.78 is 53.0. The number of aromatic carboxylic acids is 2. The number of halogens is 5. The van der Waals surface area contributed by atoms with Gasteiger partial charge >= 0.3 is 18.1 Å². The minimum atomic E-state index is -5.13. The average molecular weight is 395 g/mol. The zero-order valence-electron chi connectivity index (χ0n) is 12.2. The second-order valence-corrected chi connectivity index (χ2v) is 5.30. The lowest BCUT2D eigenvalue weighted by Crippen LogP contribution is -2.24. The molecule has 0 radical (unpaired) electrons. The van der Waals surface area contributed by atoms with Gasteiger partial charge < -0.3 is 20.9 Å². The van der Waals surface area contributed by atoms with Crippen LogP contribution in [0.2, 0.25) is 5.02 Å². The number of nitrogens with two attached hydrogens (primary N) is 1. The molecule has 0 fully saturated rings. The molecule has 0 bridgehead atoms. The van der Waals surface area contributed by atoms with E-state index in [2.05, 4.69) is 0 Å². The fourth-order valence-corrected chi connectivity index (χ4v) is 2.49. The van der Waals surface area contributed by atoms with Gasteiger partial charge in [-0.1, -0.05) is 11.6 Å².